The molecule has 2 aliphatic rings. The van der Waals surface area contributed by atoms with Crippen LogP contribution in [0.2, 0.25) is 0 Å². The molecule has 1 atom stereocenters. The van der Waals surface area contributed by atoms with E-state index >= 15 is 4.57 Å². The average Bonchev–Trinajstić information content (AvgIpc) is 3.84. The summed E-state index contributed by atoms with van der Waals surface area (Å²) in [6.07, 6.45) is 0. The molecular weight excluding hydrogens is 866 g/mol. The van der Waals surface area contributed by atoms with Gasteiger partial charge in [-0.05, 0) is 117 Å². The van der Waals surface area contributed by atoms with Crippen LogP contribution >= 0.6 is 7.14 Å². The number of rotatable bonds is 20. The number of methoxy groups -OCH3 is 2. The molecule has 68 heavy (non-hydrogen) atoms. The lowest BCUT2D eigenvalue weighted by Gasteiger charge is -2.37. The van der Waals surface area contributed by atoms with E-state index in [0.29, 0.717) is 52.9 Å². The molecule has 0 saturated heterocycles. The molecule has 1 heterocycles. The van der Waals surface area contributed by atoms with E-state index in [4.69, 9.17) is 28.4 Å². The zero-order valence-corrected chi connectivity index (χ0v) is 39.3. The molecule has 8 nitrogen and oxygen atoms in total. The lowest BCUT2D eigenvalue weighted by atomic mass is 9.65. The van der Waals surface area contributed by atoms with Crippen LogP contribution in [0.1, 0.15) is 27.8 Å². The molecule has 0 radical (unpaired) electrons. The standard InChI is InChI=1S/C59H54NO7P/c1-62-32-34-64-36-38-66-50-27-22-45(23-28-50)59(46-24-29-51(30-25-46)67-39-37-65-35-33-63-2)55-42-49(60(47-16-6-3-7-17-47)48-18-8-4-9-19-48)26-31-53(55)58-57(59)54-40-43-14-12-13-15-44(43)41-56(54)68(58,61)52-20-10-5-11-21-52/h3-31,40-42H,32-39H2,1-2H3. The second kappa shape index (κ2) is 20.2. The average molecular weight is 920 g/mol. The number of para-hydroxylation sites is 2. The summed E-state index contributed by atoms with van der Waals surface area (Å²) >= 11 is 0. The Morgan fingerprint density at radius 1 is 0.456 bits per heavy atom. The van der Waals surface area contributed by atoms with Gasteiger partial charge in [-0.1, -0.05) is 121 Å². The summed E-state index contributed by atoms with van der Waals surface area (Å²) in [6, 6.07) is 67.4. The van der Waals surface area contributed by atoms with E-state index in [0.717, 1.165) is 88.6 Å². The number of nitrogens with zero attached hydrogens (tertiary/aromatic N) is 1. The van der Waals surface area contributed by atoms with E-state index in [9.17, 15) is 0 Å². The zero-order valence-electron chi connectivity index (χ0n) is 38.4. The maximum atomic E-state index is 17.1. The van der Waals surface area contributed by atoms with Crippen LogP contribution in [0.25, 0.3) is 21.7 Å². The van der Waals surface area contributed by atoms with Crippen molar-refractivity contribution in [3.05, 3.63) is 222 Å². The summed E-state index contributed by atoms with van der Waals surface area (Å²) in [6.45, 7) is 3.72. The fourth-order valence-corrected chi connectivity index (χ4v) is 13.2. The smallest absolute Gasteiger partial charge is 0.172 e. The maximum absolute atomic E-state index is 17.1. The highest BCUT2D eigenvalue weighted by molar-refractivity contribution is 7.88. The molecule has 9 heteroatoms. The van der Waals surface area contributed by atoms with Gasteiger partial charge in [0, 0.05) is 47.2 Å². The number of hydrogen-bond donors (Lipinski definition) is 0. The Balaban J connectivity index is 1.22. The van der Waals surface area contributed by atoms with Crippen LogP contribution in [0.15, 0.2) is 194 Å². The van der Waals surface area contributed by atoms with Crippen LogP contribution in [0, 0.1) is 0 Å². The van der Waals surface area contributed by atoms with Crippen molar-refractivity contribution in [1.82, 2.24) is 0 Å². The van der Waals surface area contributed by atoms with Gasteiger partial charge in [-0.25, -0.2) is 0 Å². The number of hydrogen-bond acceptors (Lipinski definition) is 8. The minimum absolute atomic E-state index is 0.393. The van der Waals surface area contributed by atoms with Crippen molar-refractivity contribution >= 4 is 56.5 Å². The number of fused-ring (bicyclic) bond motifs is 5. The molecule has 342 valence electrons. The van der Waals surface area contributed by atoms with Crippen LogP contribution in [0.3, 0.4) is 0 Å². The molecule has 0 fully saturated rings. The first-order valence-electron chi connectivity index (χ1n) is 23.2. The van der Waals surface area contributed by atoms with E-state index in [1.54, 1.807) is 14.2 Å². The summed E-state index contributed by atoms with van der Waals surface area (Å²) in [4.78, 5) is 2.30. The third-order valence-electron chi connectivity index (χ3n) is 12.9. The monoisotopic (exact) mass is 919 g/mol. The van der Waals surface area contributed by atoms with Crippen LogP contribution in [-0.2, 0) is 28.9 Å². The van der Waals surface area contributed by atoms with Gasteiger partial charge in [0.05, 0.1) is 45.1 Å². The van der Waals surface area contributed by atoms with Gasteiger partial charge in [0.25, 0.3) is 0 Å². The third-order valence-corrected chi connectivity index (χ3v) is 16.1. The van der Waals surface area contributed by atoms with Gasteiger partial charge < -0.3 is 37.9 Å². The number of allylic oxidation sites excluding steroid dienone is 1. The fraction of sp³-hybridized carbons (Fsp3) is 0.186. The molecule has 8 aromatic rings. The van der Waals surface area contributed by atoms with Crippen molar-refractivity contribution in [3.63, 3.8) is 0 Å². The molecule has 0 N–H and O–H groups in total. The molecule has 1 unspecified atom stereocenters. The van der Waals surface area contributed by atoms with Crippen molar-refractivity contribution in [1.29, 1.82) is 0 Å². The second-order valence-corrected chi connectivity index (χ2v) is 19.5. The highest BCUT2D eigenvalue weighted by Gasteiger charge is 2.57. The van der Waals surface area contributed by atoms with Gasteiger partial charge in [-0.2, -0.15) is 0 Å². The quantitative estimate of drug-likeness (QED) is 0.0553. The van der Waals surface area contributed by atoms with Crippen LogP contribution in [0.4, 0.5) is 17.1 Å². The zero-order chi connectivity index (χ0) is 46.3. The molecule has 1 aliphatic carbocycles. The molecule has 1 aliphatic heterocycles. The van der Waals surface area contributed by atoms with Gasteiger partial charge in [0.2, 0.25) is 0 Å². The number of ether oxygens (including phenoxy) is 6. The Hall–Kier alpha value is -6.77. The molecule has 0 spiro atoms. The van der Waals surface area contributed by atoms with Crippen LogP contribution in [-0.4, -0.2) is 67.1 Å². The van der Waals surface area contributed by atoms with Gasteiger partial charge in [-0.15, -0.1) is 0 Å². The molecule has 0 bridgehead atoms. The van der Waals surface area contributed by atoms with Crippen molar-refractivity contribution in [2.24, 2.45) is 0 Å². The van der Waals surface area contributed by atoms with Gasteiger partial charge in [0.15, 0.2) is 7.14 Å². The van der Waals surface area contributed by atoms with Crippen LogP contribution in [0.5, 0.6) is 11.5 Å². The first-order chi connectivity index (χ1) is 33.5. The predicted molar refractivity (Wildman–Crippen MR) is 274 cm³/mol. The summed E-state index contributed by atoms with van der Waals surface area (Å²) in [5.74, 6) is 1.45. The summed E-state index contributed by atoms with van der Waals surface area (Å²) in [5, 5.41) is 4.64. The highest BCUT2D eigenvalue weighted by atomic mass is 31.2. The van der Waals surface area contributed by atoms with E-state index in [1.165, 1.54) is 0 Å². The Morgan fingerprint density at radius 2 is 0.941 bits per heavy atom. The summed E-state index contributed by atoms with van der Waals surface area (Å²) < 4.78 is 51.3. The van der Waals surface area contributed by atoms with E-state index in [-0.39, 0.29) is 0 Å². The minimum atomic E-state index is -3.53. The first-order valence-corrected chi connectivity index (χ1v) is 24.9. The third kappa shape index (κ3) is 8.33. The minimum Gasteiger partial charge on any atom is -0.491 e. The molecular formula is C59H54NO7P. The normalized spacial score (nSPS) is 15.5. The predicted octanol–water partition coefficient (Wildman–Crippen LogP) is 11.9. The van der Waals surface area contributed by atoms with Crippen molar-refractivity contribution in [2.75, 3.05) is 72.0 Å². The Kier molecular flexibility index (Phi) is 13.4. The SMILES string of the molecule is COCCOCCOc1ccc(C2(c3ccc(OCCOCCOC)cc3)C3=C(c4ccc(N(c5ccccc5)c5ccccc5)cc42)P(=O)(c2ccccc2)c2cc4ccccc4cc23)cc1. The largest absolute Gasteiger partial charge is 0.491 e. The lowest BCUT2D eigenvalue weighted by molar-refractivity contribution is 0.0544. The van der Waals surface area contributed by atoms with Crippen molar-refractivity contribution < 1.29 is 33.0 Å². The fourth-order valence-electron chi connectivity index (χ4n) is 9.90. The topological polar surface area (TPSA) is 75.7 Å². The first kappa shape index (κ1) is 45.0. The van der Waals surface area contributed by atoms with Gasteiger partial charge in [-0.3, -0.25) is 0 Å². The highest BCUT2D eigenvalue weighted by Crippen LogP contribution is 2.74. The second-order valence-electron chi connectivity index (χ2n) is 16.8. The van der Waals surface area contributed by atoms with E-state index in [1.807, 2.05) is 66.7 Å². The number of benzene rings is 8. The maximum Gasteiger partial charge on any atom is 0.172 e. The number of anilines is 3. The van der Waals surface area contributed by atoms with E-state index < -0.39 is 12.6 Å². The molecule has 8 aromatic carbocycles. The Bertz CT molecular complexity index is 2970. The summed E-state index contributed by atoms with van der Waals surface area (Å²) in [5.41, 5.74) is 8.06. The summed E-state index contributed by atoms with van der Waals surface area (Å²) in [7, 11) is -0.203. The molecule has 10 rings (SSSR count). The van der Waals surface area contributed by atoms with E-state index in [2.05, 4.69) is 132 Å². The van der Waals surface area contributed by atoms with Gasteiger partial charge in [0.1, 0.15) is 24.7 Å². The Labute approximate surface area is 398 Å². The lowest BCUT2D eigenvalue weighted by Crippen LogP contribution is -2.30. The Morgan fingerprint density at radius 3 is 1.47 bits per heavy atom. The van der Waals surface area contributed by atoms with Crippen molar-refractivity contribution in [3.8, 4) is 11.5 Å². The van der Waals surface area contributed by atoms with Crippen molar-refractivity contribution in [2.45, 2.75) is 5.41 Å². The van der Waals surface area contributed by atoms with Crippen LogP contribution < -0.4 is 25.0 Å². The molecule has 0 saturated carbocycles. The van der Waals surface area contributed by atoms with Gasteiger partial charge >= 0.3 is 0 Å². The molecule has 0 amide bonds. The molecule has 0 aromatic heterocycles.